The summed E-state index contributed by atoms with van der Waals surface area (Å²) in [6, 6.07) is 14.0. The number of amides is 2. The molecule has 8 nitrogen and oxygen atoms in total. The summed E-state index contributed by atoms with van der Waals surface area (Å²) in [4.78, 5) is 36.9. The smallest absolute Gasteiger partial charge is 0.407 e. The lowest BCUT2D eigenvalue weighted by Gasteiger charge is -2.23. The number of methoxy groups -OCH3 is 1. The first-order valence-electron chi connectivity index (χ1n) is 11.5. The zero-order valence-electron chi connectivity index (χ0n) is 19.7. The number of carboxylic acid groups (broad SMARTS) is 1. The fourth-order valence-corrected chi connectivity index (χ4v) is 4.25. The Morgan fingerprint density at radius 3 is 2.06 bits per heavy atom. The third-order valence-electron chi connectivity index (χ3n) is 5.88. The number of carbonyl (C=O) groups is 3. The third kappa shape index (κ3) is 6.14. The molecule has 34 heavy (non-hydrogen) atoms. The minimum absolute atomic E-state index is 0.0897. The Labute approximate surface area is 199 Å². The fraction of sp³-hybridized carbons (Fsp3) is 0.423. The Balaban J connectivity index is 1.65. The third-order valence-corrected chi connectivity index (χ3v) is 5.88. The van der Waals surface area contributed by atoms with Gasteiger partial charge in [-0.2, -0.15) is 0 Å². The van der Waals surface area contributed by atoms with Gasteiger partial charge >= 0.3 is 12.1 Å². The van der Waals surface area contributed by atoms with E-state index in [1.165, 1.54) is 7.11 Å². The number of fused-ring (bicyclic) bond motifs is 3. The van der Waals surface area contributed by atoms with Gasteiger partial charge in [0.2, 0.25) is 5.91 Å². The van der Waals surface area contributed by atoms with Crippen molar-refractivity contribution in [3.8, 4) is 11.1 Å². The summed E-state index contributed by atoms with van der Waals surface area (Å²) in [6.07, 6.45) is -0.254. The molecule has 3 N–H and O–H groups in total. The van der Waals surface area contributed by atoms with Crippen molar-refractivity contribution in [2.45, 2.75) is 44.7 Å². The number of hydrogen-bond donors (Lipinski definition) is 3. The van der Waals surface area contributed by atoms with E-state index < -0.39 is 30.1 Å². The molecule has 2 aromatic carbocycles. The van der Waals surface area contributed by atoms with Crippen LogP contribution in [0.4, 0.5) is 4.79 Å². The van der Waals surface area contributed by atoms with Crippen LogP contribution in [0.1, 0.15) is 43.7 Å². The maximum absolute atomic E-state index is 12.8. The Morgan fingerprint density at radius 2 is 1.53 bits per heavy atom. The zero-order chi connectivity index (χ0) is 24.7. The van der Waals surface area contributed by atoms with E-state index in [-0.39, 0.29) is 31.5 Å². The molecular formula is C26H32N2O6. The highest BCUT2D eigenvalue weighted by Gasteiger charge is 2.31. The molecule has 182 valence electrons. The standard InChI is InChI=1S/C26H32N2O6/c1-16(2)14-23(24(29)27-22(25(30)31)12-13-33-3)28-26(32)34-15-21-19-10-6-4-8-17(19)18-9-5-7-11-20(18)21/h4-11,16,21-23H,12-15H2,1-3H3,(H,27,29)(H,28,32)(H,30,31). The quantitative estimate of drug-likeness (QED) is 0.465. The van der Waals surface area contributed by atoms with Crippen LogP contribution in [-0.2, 0) is 19.1 Å². The maximum atomic E-state index is 12.8. The summed E-state index contributed by atoms with van der Waals surface area (Å²) < 4.78 is 10.5. The Hall–Kier alpha value is -3.39. The number of rotatable bonds is 11. The molecule has 2 aromatic rings. The van der Waals surface area contributed by atoms with E-state index in [2.05, 4.69) is 22.8 Å². The molecule has 0 aliphatic heterocycles. The van der Waals surface area contributed by atoms with Gasteiger partial charge in [-0.1, -0.05) is 62.4 Å². The summed E-state index contributed by atoms with van der Waals surface area (Å²) in [5.74, 6) is -1.73. The van der Waals surface area contributed by atoms with Crippen LogP contribution in [0.15, 0.2) is 48.5 Å². The number of carbonyl (C=O) groups excluding carboxylic acids is 2. The molecule has 0 saturated carbocycles. The van der Waals surface area contributed by atoms with Crippen molar-refractivity contribution in [1.29, 1.82) is 0 Å². The largest absolute Gasteiger partial charge is 0.480 e. The lowest BCUT2D eigenvalue weighted by Crippen LogP contribution is -2.52. The highest BCUT2D eigenvalue weighted by Crippen LogP contribution is 2.44. The molecule has 2 amide bonds. The lowest BCUT2D eigenvalue weighted by atomic mass is 9.98. The summed E-state index contributed by atoms with van der Waals surface area (Å²) in [5, 5.41) is 14.5. The van der Waals surface area contributed by atoms with E-state index in [1.54, 1.807) is 0 Å². The lowest BCUT2D eigenvalue weighted by molar-refractivity contribution is -0.142. The van der Waals surface area contributed by atoms with Crippen LogP contribution >= 0.6 is 0 Å². The van der Waals surface area contributed by atoms with Crippen LogP contribution in [0.3, 0.4) is 0 Å². The van der Waals surface area contributed by atoms with Gasteiger partial charge < -0.3 is 25.2 Å². The number of aliphatic carboxylic acids is 1. The van der Waals surface area contributed by atoms with Crippen molar-refractivity contribution in [1.82, 2.24) is 10.6 Å². The second-order valence-corrected chi connectivity index (χ2v) is 8.83. The molecule has 2 unspecified atom stereocenters. The summed E-state index contributed by atoms with van der Waals surface area (Å²) >= 11 is 0. The second-order valence-electron chi connectivity index (χ2n) is 8.83. The molecule has 0 radical (unpaired) electrons. The van der Waals surface area contributed by atoms with Gasteiger partial charge in [0.25, 0.3) is 0 Å². The van der Waals surface area contributed by atoms with Crippen LogP contribution in [0.25, 0.3) is 11.1 Å². The molecule has 8 heteroatoms. The van der Waals surface area contributed by atoms with Crippen LogP contribution in [0.5, 0.6) is 0 Å². The average molecular weight is 469 g/mol. The number of hydrogen-bond acceptors (Lipinski definition) is 5. The van der Waals surface area contributed by atoms with E-state index in [4.69, 9.17) is 9.47 Å². The van der Waals surface area contributed by atoms with Gasteiger partial charge in [-0.3, -0.25) is 4.79 Å². The number of alkyl carbamates (subject to hydrolysis) is 1. The number of ether oxygens (including phenoxy) is 2. The predicted molar refractivity (Wildman–Crippen MR) is 128 cm³/mol. The first-order valence-corrected chi connectivity index (χ1v) is 11.5. The van der Waals surface area contributed by atoms with Crippen LogP contribution in [0, 0.1) is 5.92 Å². The summed E-state index contributed by atoms with van der Waals surface area (Å²) in [6.45, 7) is 4.14. The normalized spacial score (nSPS) is 14.1. The molecule has 1 aliphatic carbocycles. The van der Waals surface area contributed by atoms with Gasteiger partial charge in [0.15, 0.2) is 0 Å². The highest BCUT2D eigenvalue weighted by molar-refractivity contribution is 5.89. The van der Waals surface area contributed by atoms with Crippen LogP contribution in [0.2, 0.25) is 0 Å². The molecule has 0 heterocycles. The van der Waals surface area contributed by atoms with Crippen LogP contribution < -0.4 is 10.6 Å². The van der Waals surface area contributed by atoms with Crippen molar-refractivity contribution < 1.29 is 29.0 Å². The Morgan fingerprint density at radius 1 is 0.941 bits per heavy atom. The van der Waals surface area contributed by atoms with Gasteiger partial charge in [0.1, 0.15) is 18.7 Å². The van der Waals surface area contributed by atoms with Crippen molar-refractivity contribution in [3.05, 3.63) is 59.7 Å². The van der Waals surface area contributed by atoms with Gasteiger partial charge in [-0.15, -0.1) is 0 Å². The van der Waals surface area contributed by atoms with E-state index in [0.29, 0.717) is 6.42 Å². The maximum Gasteiger partial charge on any atom is 0.407 e. The predicted octanol–water partition coefficient (Wildman–Crippen LogP) is 3.55. The van der Waals surface area contributed by atoms with E-state index >= 15 is 0 Å². The van der Waals surface area contributed by atoms with E-state index in [1.807, 2.05) is 50.2 Å². The minimum atomic E-state index is -1.16. The first kappa shape index (κ1) is 25.2. The Kier molecular flexibility index (Phi) is 8.65. The second kappa shape index (κ2) is 11.7. The van der Waals surface area contributed by atoms with Crippen molar-refractivity contribution in [2.75, 3.05) is 20.3 Å². The first-order chi connectivity index (χ1) is 16.3. The SMILES string of the molecule is COCCC(NC(=O)C(CC(C)C)NC(=O)OCC1c2ccccc2-c2ccccc21)C(=O)O. The minimum Gasteiger partial charge on any atom is -0.480 e. The molecule has 2 atom stereocenters. The van der Waals surface area contributed by atoms with Gasteiger partial charge in [0.05, 0.1) is 0 Å². The number of nitrogens with one attached hydrogen (secondary N) is 2. The molecule has 0 bridgehead atoms. The Bertz CT molecular complexity index is 976. The van der Waals surface area contributed by atoms with Crippen molar-refractivity contribution in [2.24, 2.45) is 5.92 Å². The molecule has 0 fully saturated rings. The fourth-order valence-electron chi connectivity index (χ4n) is 4.25. The van der Waals surface area contributed by atoms with Crippen molar-refractivity contribution in [3.63, 3.8) is 0 Å². The van der Waals surface area contributed by atoms with Gasteiger partial charge in [0, 0.05) is 26.1 Å². The number of benzene rings is 2. The molecular weight excluding hydrogens is 436 g/mol. The molecule has 3 rings (SSSR count). The molecule has 0 saturated heterocycles. The summed E-state index contributed by atoms with van der Waals surface area (Å²) in [5.41, 5.74) is 4.44. The molecule has 0 aromatic heterocycles. The van der Waals surface area contributed by atoms with E-state index in [9.17, 15) is 19.5 Å². The average Bonchev–Trinajstić information content (AvgIpc) is 3.13. The van der Waals surface area contributed by atoms with Crippen molar-refractivity contribution >= 4 is 18.0 Å². The van der Waals surface area contributed by atoms with Crippen LogP contribution in [-0.4, -0.2) is 55.5 Å². The van der Waals surface area contributed by atoms with Gasteiger partial charge in [-0.25, -0.2) is 9.59 Å². The van der Waals surface area contributed by atoms with E-state index in [0.717, 1.165) is 22.3 Å². The highest BCUT2D eigenvalue weighted by atomic mass is 16.5. The molecule has 1 aliphatic rings. The molecule has 0 spiro atoms. The monoisotopic (exact) mass is 468 g/mol. The zero-order valence-corrected chi connectivity index (χ0v) is 19.7. The topological polar surface area (TPSA) is 114 Å². The summed E-state index contributed by atoms with van der Waals surface area (Å²) in [7, 11) is 1.46. The number of carboxylic acids is 1. The van der Waals surface area contributed by atoms with Gasteiger partial charge in [-0.05, 0) is 34.6 Å².